The molecule has 2 heterocycles. The standard InChI is InChI=1S/C16H16ClNO3/c17-13-1-3-14(4-2-13)21-15-5-8-18(9-6-15)16(19)12-7-10-20-11-12/h1-4,7,10-11,15H,5-6,8-9H2. The second-order valence-electron chi connectivity index (χ2n) is 5.08. The number of halogens is 1. The van der Waals surface area contributed by atoms with Crippen LogP contribution in [0.1, 0.15) is 23.2 Å². The number of benzene rings is 1. The number of hydrogen-bond acceptors (Lipinski definition) is 3. The van der Waals surface area contributed by atoms with Crippen molar-refractivity contribution in [2.45, 2.75) is 18.9 Å². The molecule has 2 aromatic rings. The Morgan fingerprint density at radius 1 is 1.19 bits per heavy atom. The summed E-state index contributed by atoms with van der Waals surface area (Å²) < 4.78 is 10.9. The van der Waals surface area contributed by atoms with Crippen molar-refractivity contribution in [2.75, 3.05) is 13.1 Å². The molecule has 5 heteroatoms. The van der Waals surface area contributed by atoms with E-state index in [1.807, 2.05) is 29.2 Å². The van der Waals surface area contributed by atoms with E-state index in [0.717, 1.165) is 18.6 Å². The largest absolute Gasteiger partial charge is 0.490 e. The van der Waals surface area contributed by atoms with E-state index in [0.29, 0.717) is 23.7 Å². The number of carbonyl (C=O) groups is 1. The second-order valence-corrected chi connectivity index (χ2v) is 5.51. The highest BCUT2D eigenvalue weighted by molar-refractivity contribution is 6.30. The molecule has 3 rings (SSSR count). The van der Waals surface area contributed by atoms with Crippen molar-refractivity contribution in [3.8, 4) is 5.75 Å². The minimum atomic E-state index is 0.0219. The number of piperidine rings is 1. The Labute approximate surface area is 128 Å². The van der Waals surface area contributed by atoms with E-state index in [1.165, 1.54) is 12.5 Å². The fourth-order valence-corrected chi connectivity index (χ4v) is 2.58. The SMILES string of the molecule is O=C(c1ccoc1)N1CCC(Oc2ccc(Cl)cc2)CC1. The lowest BCUT2D eigenvalue weighted by Gasteiger charge is -2.32. The van der Waals surface area contributed by atoms with Gasteiger partial charge in [0.15, 0.2) is 0 Å². The first-order valence-electron chi connectivity index (χ1n) is 6.96. The van der Waals surface area contributed by atoms with Crippen LogP contribution in [0.2, 0.25) is 5.02 Å². The lowest BCUT2D eigenvalue weighted by atomic mass is 10.1. The van der Waals surface area contributed by atoms with E-state index in [9.17, 15) is 4.79 Å². The highest BCUT2D eigenvalue weighted by Crippen LogP contribution is 2.21. The van der Waals surface area contributed by atoms with Crippen molar-refractivity contribution in [2.24, 2.45) is 0 Å². The van der Waals surface area contributed by atoms with Crippen molar-refractivity contribution in [1.29, 1.82) is 0 Å². The molecule has 1 fully saturated rings. The Kier molecular flexibility index (Phi) is 4.15. The molecule has 110 valence electrons. The summed E-state index contributed by atoms with van der Waals surface area (Å²) in [7, 11) is 0. The highest BCUT2D eigenvalue weighted by Gasteiger charge is 2.25. The van der Waals surface area contributed by atoms with E-state index in [4.69, 9.17) is 20.8 Å². The Hall–Kier alpha value is -1.94. The van der Waals surface area contributed by atoms with Crippen molar-refractivity contribution in [3.05, 3.63) is 53.4 Å². The predicted molar refractivity (Wildman–Crippen MR) is 79.7 cm³/mol. The van der Waals surface area contributed by atoms with Crippen LogP contribution in [0.15, 0.2) is 47.3 Å². The minimum absolute atomic E-state index is 0.0219. The Balaban J connectivity index is 1.53. The van der Waals surface area contributed by atoms with E-state index in [1.54, 1.807) is 6.07 Å². The number of likely N-dealkylation sites (tertiary alicyclic amines) is 1. The first kappa shape index (κ1) is 14.0. The average molecular weight is 306 g/mol. The van der Waals surface area contributed by atoms with Crippen molar-refractivity contribution in [1.82, 2.24) is 4.90 Å². The predicted octanol–water partition coefficient (Wildman–Crippen LogP) is 3.62. The van der Waals surface area contributed by atoms with Gasteiger partial charge in [-0.05, 0) is 30.3 Å². The fourth-order valence-electron chi connectivity index (χ4n) is 2.45. The van der Waals surface area contributed by atoms with Crippen LogP contribution < -0.4 is 4.74 Å². The summed E-state index contributed by atoms with van der Waals surface area (Å²) >= 11 is 5.85. The van der Waals surface area contributed by atoms with Gasteiger partial charge in [0, 0.05) is 31.0 Å². The first-order valence-corrected chi connectivity index (χ1v) is 7.34. The van der Waals surface area contributed by atoms with Gasteiger partial charge in [0.05, 0.1) is 11.8 Å². The lowest BCUT2D eigenvalue weighted by Crippen LogP contribution is -2.41. The van der Waals surface area contributed by atoms with Crippen molar-refractivity contribution in [3.63, 3.8) is 0 Å². The van der Waals surface area contributed by atoms with Gasteiger partial charge >= 0.3 is 0 Å². The molecule has 1 aromatic carbocycles. The van der Waals surface area contributed by atoms with Gasteiger partial charge < -0.3 is 14.1 Å². The molecule has 0 aliphatic carbocycles. The maximum atomic E-state index is 12.2. The van der Waals surface area contributed by atoms with Crippen LogP contribution in [0, 0.1) is 0 Å². The van der Waals surface area contributed by atoms with Crippen LogP contribution in [0.4, 0.5) is 0 Å². The molecular weight excluding hydrogens is 290 g/mol. The third-order valence-electron chi connectivity index (χ3n) is 3.61. The summed E-state index contributed by atoms with van der Waals surface area (Å²) in [6.45, 7) is 1.39. The number of amides is 1. The minimum Gasteiger partial charge on any atom is -0.490 e. The molecule has 0 spiro atoms. The molecule has 1 aromatic heterocycles. The summed E-state index contributed by atoms with van der Waals surface area (Å²) in [6.07, 6.45) is 4.79. The van der Waals surface area contributed by atoms with Gasteiger partial charge in [0.25, 0.3) is 5.91 Å². The van der Waals surface area contributed by atoms with Crippen LogP contribution >= 0.6 is 11.6 Å². The molecule has 0 saturated carbocycles. The van der Waals surface area contributed by atoms with E-state index in [2.05, 4.69) is 0 Å². The molecule has 0 N–H and O–H groups in total. The maximum absolute atomic E-state index is 12.2. The van der Waals surface area contributed by atoms with Crippen LogP contribution in [0.25, 0.3) is 0 Å². The lowest BCUT2D eigenvalue weighted by molar-refractivity contribution is 0.0595. The molecule has 1 saturated heterocycles. The fraction of sp³-hybridized carbons (Fsp3) is 0.312. The third-order valence-corrected chi connectivity index (χ3v) is 3.87. The van der Waals surface area contributed by atoms with Crippen LogP contribution in [0.5, 0.6) is 5.75 Å². The smallest absolute Gasteiger partial charge is 0.257 e. The normalized spacial score (nSPS) is 16.0. The molecule has 1 aliphatic rings. The molecule has 4 nitrogen and oxygen atoms in total. The van der Waals surface area contributed by atoms with E-state index < -0.39 is 0 Å². The number of carbonyl (C=O) groups excluding carboxylic acids is 1. The quantitative estimate of drug-likeness (QED) is 0.870. The number of ether oxygens (including phenoxy) is 1. The molecular formula is C16H16ClNO3. The number of nitrogens with zero attached hydrogens (tertiary/aromatic N) is 1. The molecule has 0 unspecified atom stereocenters. The zero-order valence-electron chi connectivity index (χ0n) is 11.5. The third kappa shape index (κ3) is 3.39. The van der Waals surface area contributed by atoms with Crippen LogP contribution in [0.3, 0.4) is 0 Å². The van der Waals surface area contributed by atoms with E-state index >= 15 is 0 Å². The van der Waals surface area contributed by atoms with Gasteiger partial charge in [0.2, 0.25) is 0 Å². The molecule has 1 aliphatic heterocycles. The molecule has 0 bridgehead atoms. The summed E-state index contributed by atoms with van der Waals surface area (Å²) in [5, 5.41) is 0.697. The van der Waals surface area contributed by atoms with Gasteiger partial charge in [-0.2, -0.15) is 0 Å². The Bertz CT molecular complexity index is 586. The molecule has 1 amide bonds. The summed E-state index contributed by atoms with van der Waals surface area (Å²) in [5.74, 6) is 0.840. The monoisotopic (exact) mass is 305 g/mol. The number of rotatable bonds is 3. The summed E-state index contributed by atoms with van der Waals surface area (Å²) in [6, 6.07) is 9.05. The van der Waals surface area contributed by atoms with Crippen molar-refractivity contribution < 1.29 is 13.9 Å². The first-order chi connectivity index (χ1) is 10.2. The van der Waals surface area contributed by atoms with Gasteiger partial charge in [0.1, 0.15) is 18.1 Å². The summed E-state index contributed by atoms with van der Waals surface area (Å²) in [5.41, 5.74) is 0.604. The molecule has 0 atom stereocenters. The second kappa shape index (κ2) is 6.22. The number of hydrogen-bond donors (Lipinski definition) is 0. The average Bonchev–Trinajstić information content (AvgIpc) is 3.04. The zero-order valence-corrected chi connectivity index (χ0v) is 12.3. The van der Waals surface area contributed by atoms with Crippen LogP contribution in [-0.4, -0.2) is 30.0 Å². The van der Waals surface area contributed by atoms with E-state index in [-0.39, 0.29) is 12.0 Å². The van der Waals surface area contributed by atoms with Crippen LogP contribution in [-0.2, 0) is 0 Å². The van der Waals surface area contributed by atoms with Gasteiger partial charge in [-0.1, -0.05) is 11.6 Å². The maximum Gasteiger partial charge on any atom is 0.257 e. The topological polar surface area (TPSA) is 42.7 Å². The molecule has 0 radical (unpaired) electrons. The van der Waals surface area contributed by atoms with Crippen molar-refractivity contribution >= 4 is 17.5 Å². The van der Waals surface area contributed by atoms with Gasteiger partial charge in [-0.15, -0.1) is 0 Å². The highest BCUT2D eigenvalue weighted by atomic mass is 35.5. The van der Waals surface area contributed by atoms with Gasteiger partial charge in [-0.3, -0.25) is 4.79 Å². The zero-order chi connectivity index (χ0) is 14.7. The summed E-state index contributed by atoms with van der Waals surface area (Å²) in [4.78, 5) is 14.0. The van der Waals surface area contributed by atoms with Gasteiger partial charge in [-0.25, -0.2) is 0 Å². The molecule has 21 heavy (non-hydrogen) atoms. The Morgan fingerprint density at radius 3 is 2.52 bits per heavy atom. The Morgan fingerprint density at radius 2 is 1.90 bits per heavy atom. The number of furan rings is 1.